The summed E-state index contributed by atoms with van der Waals surface area (Å²) in [7, 11) is -5.62. The lowest BCUT2D eigenvalue weighted by molar-refractivity contribution is 0.484. The van der Waals surface area contributed by atoms with E-state index in [4.69, 9.17) is 4.42 Å². The van der Waals surface area contributed by atoms with Gasteiger partial charge in [-0.15, -0.1) is 0 Å². The Morgan fingerprint density at radius 1 is 0.714 bits per heavy atom. The first-order valence-electron chi connectivity index (χ1n) is 8.60. The Kier molecular flexibility index (Phi) is 5.14. The SMILES string of the molecule is O=S(=O)(O)c1ccccc1P(c1ccccc1)c1ccccc1-c1ccco1. The van der Waals surface area contributed by atoms with Gasteiger partial charge >= 0.3 is 0 Å². The summed E-state index contributed by atoms with van der Waals surface area (Å²) in [6, 6.07) is 27.8. The summed E-state index contributed by atoms with van der Waals surface area (Å²) < 4.78 is 39.6. The molecule has 0 aliphatic carbocycles. The van der Waals surface area contributed by atoms with Crippen LogP contribution in [0.5, 0.6) is 0 Å². The lowest BCUT2D eigenvalue weighted by atomic mass is 10.2. The van der Waals surface area contributed by atoms with E-state index in [9.17, 15) is 13.0 Å². The monoisotopic (exact) mass is 408 g/mol. The zero-order valence-electron chi connectivity index (χ0n) is 14.8. The second-order valence-corrected chi connectivity index (χ2v) is 9.65. The summed E-state index contributed by atoms with van der Waals surface area (Å²) in [5.41, 5.74) is 0.896. The molecule has 0 spiro atoms. The highest BCUT2D eigenvalue weighted by Gasteiger charge is 2.26. The number of benzene rings is 3. The molecule has 1 heterocycles. The van der Waals surface area contributed by atoms with Crippen molar-refractivity contribution in [3.8, 4) is 11.3 Å². The van der Waals surface area contributed by atoms with E-state index in [-0.39, 0.29) is 4.90 Å². The van der Waals surface area contributed by atoms with Gasteiger partial charge in [-0.05, 0) is 36.7 Å². The molecule has 0 fully saturated rings. The fourth-order valence-electron chi connectivity index (χ4n) is 3.15. The zero-order valence-corrected chi connectivity index (χ0v) is 16.5. The summed E-state index contributed by atoms with van der Waals surface area (Å²) in [4.78, 5) is -0.0702. The van der Waals surface area contributed by atoms with Crippen molar-refractivity contribution >= 4 is 34.0 Å². The first-order valence-corrected chi connectivity index (χ1v) is 11.4. The minimum Gasteiger partial charge on any atom is -0.464 e. The van der Waals surface area contributed by atoms with Crippen molar-refractivity contribution in [1.29, 1.82) is 0 Å². The second-order valence-electron chi connectivity index (χ2n) is 6.11. The largest absolute Gasteiger partial charge is 0.464 e. The number of hydrogen-bond acceptors (Lipinski definition) is 3. The molecule has 4 aromatic rings. The van der Waals surface area contributed by atoms with Crippen molar-refractivity contribution in [1.82, 2.24) is 0 Å². The maximum atomic E-state index is 12.1. The summed E-state index contributed by atoms with van der Waals surface area (Å²) in [5, 5.41) is 2.51. The average Bonchev–Trinajstić information content (AvgIpc) is 3.24. The molecule has 1 N–H and O–H groups in total. The van der Waals surface area contributed by atoms with Gasteiger partial charge in [0.15, 0.2) is 0 Å². The van der Waals surface area contributed by atoms with Crippen LogP contribution >= 0.6 is 7.92 Å². The van der Waals surface area contributed by atoms with Gasteiger partial charge in [-0.3, -0.25) is 4.55 Å². The van der Waals surface area contributed by atoms with Gasteiger partial charge in [0.05, 0.1) is 6.26 Å². The van der Waals surface area contributed by atoms with Crippen LogP contribution in [0.3, 0.4) is 0 Å². The van der Waals surface area contributed by atoms with Gasteiger partial charge in [0.25, 0.3) is 10.1 Å². The van der Waals surface area contributed by atoms with E-state index < -0.39 is 18.0 Å². The Hall–Kier alpha value is -2.72. The van der Waals surface area contributed by atoms with Crippen molar-refractivity contribution in [2.45, 2.75) is 4.90 Å². The highest BCUT2D eigenvalue weighted by atomic mass is 32.2. The molecule has 0 aliphatic rings. The van der Waals surface area contributed by atoms with Crippen LogP contribution in [0, 0.1) is 0 Å². The van der Waals surface area contributed by atoms with Crippen molar-refractivity contribution in [3.63, 3.8) is 0 Å². The standard InChI is InChI=1S/C22H17O4PS/c23-28(24,25)22-15-7-6-14-21(22)27(17-9-2-1-3-10-17)20-13-5-4-11-18(20)19-12-8-16-26-19/h1-16H,(H,23,24,25). The third-order valence-corrected chi connectivity index (χ3v) is 7.95. The summed E-state index contributed by atoms with van der Waals surface area (Å²) in [5.74, 6) is 0.711. The molecule has 28 heavy (non-hydrogen) atoms. The van der Waals surface area contributed by atoms with Crippen LogP contribution in [0.25, 0.3) is 11.3 Å². The van der Waals surface area contributed by atoms with E-state index in [0.717, 1.165) is 16.2 Å². The molecule has 1 atom stereocenters. The molecule has 3 aromatic carbocycles. The molecule has 6 heteroatoms. The minimum absolute atomic E-state index is 0.0702. The quantitative estimate of drug-likeness (QED) is 0.401. The van der Waals surface area contributed by atoms with Crippen molar-refractivity contribution in [3.05, 3.63) is 97.3 Å². The lowest BCUT2D eigenvalue weighted by Crippen LogP contribution is -2.25. The van der Waals surface area contributed by atoms with E-state index in [1.807, 2.05) is 66.7 Å². The molecule has 4 rings (SSSR count). The molecule has 0 amide bonds. The third kappa shape index (κ3) is 3.65. The molecule has 0 aliphatic heterocycles. The number of furan rings is 1. The maximum Gasteiger partial charge on any atom is 0.295 e. The molecule has 4 nitrogen and oxygen atoms in total. The van der Waals surface area contributed by atoms with Crippen LogP contribution in [-0.2, 0) is 10.1 Å². The van der Waals surface area contributed by atoms with Gasteiger partial charge in [0.1, 0.15) is 10.7 Å². The van der Waals surface area contributed by atoms with E-state index in [1.165, 1.54) is 6.07 Å². The van der Waals surface area contributed by atoms with Crippen molar-refractivity contribution in [2.75, 3.05) is 0 Å². The van der Waals surface area contributed by atoms with Crippen LogP contribution in [0.4, 0.5) is 0 Å². The number of rotatable bonds is 5. The molecule has 0 bridgehead atoms. The van der Waals surface area contributed by atoms with Gasteiger partial charge in [-0.2, -0.15) is 8.42 Å². The molecule has 0 saturated carbocycles. The Balaban J connectivity index is 2.02. The topological polar surface area (TPSA) is 67.5 Å². The molecule has 140 valence electrons. The second kappa shape index (κ2) is 7.72. The smallest absolute Gasteiger partial charge is 0.295 e. The van der Waals surface area contributed by atoms with Gasteiger partial charge in [-0.25, -0.2) is 0 Å². The summed E-state index contributed by atoms with van der Waals surface area (Å²) >= 11 is 0. The highest BCUT2D eigenvalue weighted by molar-refractivity contribution is 7.88. The molecule has 1 unspecified atom stereocenters. The van der Waals surface area contributed by atoms with Crippen molar-refractivity contribution < 1.29 is 17.4 Å². The van der Waals surface area contributed by atoms with Crippen LogP contribution in [0.2, 0.25) is 0 Å². The normalized spacial score (nSPS) is 12.6. The molecule has 0 saturated heterocycles. The Bertz CT molecular complexity index is 1190. The Morgan fingerprint density at radius 2 is 1.36 bits per heavy atom. The average molecular weight is 408 g/mol. The van der Waals surface area contributed by atoms with Crippen LogP contribution < -0.4 is 15.9 Å². The van der Waals surface area contributed by atoms with E-state index in [2.05, 4.69) is 0 Å². The highest BCUT2D eigenvalue weighted by Crippen LogP contribution is 2.38. The molecular formula is C22H17O4PS. The van der Waals surface area contributed by atoms with E-state index in [0.29, 0.717) is 11.1 Å². The lowest BCUT2D eigenvalue weighted by Gasteiger charge is -2.23. The maximum absolute atomic E-state index is 12.1. The first kappa shape index (κ1) is 18.6. The van der Waals surface area contributed by atoms with E-state index >= 15 is 0 Å². The van der Waals surface area contributed by atoms with Crippen molar-refractivity contribution in [2.24, 2.45) is 0 Å². The van der Waals surface area contributed by atoms with Crippen LogP contribution in [0.1, 0.15) is 0 Å². The summed E-state index contributed by atoms with van der Waals surface area (Å²) in [6.45, 7) is 0. The zero-order chi connectivity index (χ0) is 19.6. The first-order chi connectivity index (χ1) is 13.6. The predicted octanol–water partition coefficient (Wildman–Crippen LogP) is 3.95. The molecular weight excluding hydrogens is 391 g/mol. The minimum atomic E-state index is -4.37. The fraction of sp³-hybridized carbons (Fsp3) is 0. The predicted molar refractivity (Wildman–Crippen MR) is 113 cm³/mol. The molecule has 0 radical (unpaired) electrons. The van der Waals surface area contributed by atoms with E-state index in [1.54, 1.807) is 24.5 Å². The fourth-order valence-corrected chi connectivity index (χ4v) is 6.83. The molecule has 1 aromatic heterocycles. The third-order valence-electron chi connectivity index (χ3n) is 4.33. The summed E-state index contributed by atoms with van der Waals surface area (Å²) in [6.07, 6.45) is 1.61. The Labute approximate surface area is 165 Å². The van der Waals surface area contributed by atoms with Gasteiger partial charge in [0.2, 0.25) is 0 Å². The Morgan fingerprint density at radius 3 is 2.04 bits per heavy atom. The van der Waals surface area contributed by atoms with Gasteiger partial charge in [-0.1, -0.05) is 72.8 Å². The number of hydrogen-bond donors (Lipinski definition) is 1. The van der Waals surface area contributed by atoms with Gasteiger partial charge < -0.3 is 4.42 Å². The van der Waals surface area contributed by atoms with Gasteiger partial charge in [0, 0.05) is 10.9 Å². The van der Waals surface area contributed by atoms with Crippen LogP contribution in [-0.4, -0.2) is 13.0 Å². The van der Waals surface area contributed by atoms with Crippen LogP contribution in [0.15, 0.2) is 107 Å².